The highest BCUT2D eigenvalue weighted by Crippen LogP contribution is 2.07. The molecule has 0 aliphatic carbocycles. The number of carbonyl (C=O) groups is 1. The van der Waals surface area contributed by atoms with E-state index in [9.17, 15) is 9.90 Å². The average molecular weight is 161 g/mol. The van der Waals surface area contributed by atoms with Gasteiger partial charge in [0.15, 0.2) is 0 Å². The van der Waals surface area contributed by atoms with Crippen LogP contribution in [-0.4, -0.2) is 31.5 Å². The number of aliphatic hydroxyl groups excluding tert-OH is 1. The molecule has 0 saturated carbocycles. The molecule has 0 fully saturated rings. The predicted octanol–water partition coefficient (Wildman–Crippen LogP) is -0.277. The van der Waals surface area contributed by atoms with E-state index in [0.717, 1.165) is 0 Å². The van der Waals surface area contributed by atoms with E-state index in [1.807, 2.05) is 6.92 Å². The van der Waals surface area contributed by atoms with Gasteiger partial charge in [-0.3, -0.25) is 10.1 Å². The van der Waals surface area contributed by atoms with Crippen LogP contribution in [0.2, 0.25) is 0 Å². The lowest BCUT2D eigenvalue weighted by Gasteiger charge is -2.17. The molecule has 0 aromatic heterocycles. The van der Waals surface area contributed by atoms with Crippen molar-refractivity contribution in [2.45, 2.75) is 19.6 Å². The lowest BCUT2D eigenvalue weighted by Crippen LogP contribution is -2.38. The van der Waals surface area contributed by atoms with E-state index < -0.39 is 12.1 Å². The third-order valence-electron chi connectivity index (χ3n) is 1.62. The molecule has 4 nitrogen and oxygen atoms in total. The van der Waals surface area contributed by atoms with Crippen molar-refractivity contribution in [3.63, 3.8) is 0 Å². The molecule has 4 heteroatoms. The minimum Gasteiger partial charge on any atom is -0.469 e. The second-order valence-electron chi connectivity index (χ2n) is 2.27. The Kier molecular flexibility index (Phi) is 4.81. The van der Waals surface area contributed by atoms with Crippen molar-refractivity contribution >= 4 is 5.97 Å². The summed E-state index contributed by atoms with van der Waals surface area (Å²) >= 11 is 0. The summed E-state index contributed by atoms with van der Waals surface area (Å²) < 4.78 is 4.49. The number of nitrogens with one attached hydrogen (secondary N) is 1. The van der Waals surface area contributed by atoms with Gasteiger partial charge in [0, 0.05) is 0 Å². The first-order valence-electron chi connectivity index (χ1n) is 3.60. The van der Waals surface area contributed by atoms with E-state index in [1.54, 1.807) is 7.05 Å². The van der Waals surface area contributed by atoms with Crippen molar-refractivity contribution < 1.29 is 14.6 Å². The summed E-state index contributed by atoms with van der Waals surface area (Å²) in [7, 11) is 2.91. The van der Waals surface area contributed by atoms with Gasteiger partial charge in [-0.25, -0.2) is 0 Å². The summed E-state index contributed by atoms with van der Waals surface area (Å²) in [6, 6.07) is 0. The Labute approximate surface area is 66.5 Å². The maximum atomic E-state index is 10.9. The Bertz CT molecular complexity index is 127. The molecule has 0 saturated heterocycles. The van der Waals surface area contributed by atoms with Crippen LogP contribution in [0.15, 0.2) is 0 Å². The topological polar surface area (TPSA) is 58.6 Å². The number of aliphatic hydroxyl groups is 1. The zero-order chi connectivity index (χ0) is 8.85. The summed E-state index contributed by atoms with van der Waals surface area (Å²) in [6.45, 7) is 1.82. The second-order valence-corrected chi connectivity index (χ2v) is 2.27. The van der Waals surface area contributed by atoms with Crippen molar-refractivity contribution in [3.8, 4) is 0 Å². The van der Waals surface area contributed by atoms with E-state index in [-0.39, 0.29) is 5.97 Å². The monoisotopic (exact) mass is 161 g/mol. The zero-order valence-corrected chi connectivity index (χ0v) is 7.13. The molecule has 0 aliphatic heterocycles. The van der Waals surface area contributed by atoms with Gasteiger partial charge in [0.2, 0.25) is 0 Å². The Balaban J connectivity index is 4.03. The standard InChI is InChI=1S/C7H15NO3/c1-4-5(6(9)8-2)7(10)11-3/h5-6,8-9H,4H2,1-3H3. The molecule has 2 unspecified atom stereocenters. The molecular weight excluding hydrogens is 146 g/mol. The molecule has 0 heterocycles. The molecule has 2 N–H and O–H groups in total. The summed E-state index contributed by atoms with van der Waals surface area (Å²) in [5.74, 6) is -0.848. The van der Waals surface area contributed by atoms with Gasteiger partial charge in [-0.2, -0.15) is 0 Å². The highest BCUT2D eigenvalue weighted by molar-refractivity contribution is 5.72. The molecule has 2 atom stereocenters. The molecular formula is C7H15NO3. The van der Waals surface area contributed by atoms with Crippen molar-refractivity contribution in [2.24, 2.45) is 5.92 Å². The van der Waals surface area contributed by atoms with Crippen LogP contribution in [0.1, 0.15) is 13.3 Å². The van der Waals surface area contributed by atoms with Gasteiger partial charge < -0.3 is 9.84 Å². The Morgan fingerprint density at radius 3 is 2.55 bits per heavy atom. The molecule has 0 bridgehead atoms. The quantitative estimate of drug-likeness (QED) is 0.440. The second kappa shape index (κ2) is 5.09. The molecule has 11 heavy (non-hydrogen) atoms. The smallest absolute Gasteiger partial charge is 0.312 e. The van der Waals surface area contributed by atoms with Crippen LogP contribution in [0.5, 0.6) is 0 Å². The van der Waals surface area contributed by atoms with E-state index in [1.165, 1.54) is 7.11 Å². The molecule has 66 valence electrons. The SMILES string of the molecule is CCC(C(=O)OC)C(O)NC. The minimum atomic E-state index is -0.813. The van der Waals surface area contributed by atoms with E-state index in [4.69, 9.17) is 0 Å². The van der Waals surface area contributed by atoms with Crippen molar-refractivity contribution in [1.29, 1.82) is 0 Å². The Morgan fingerprint density at radius 2 is 2.27 bits per heavy atom. The van der Waals surface area contributed by atoms with Crippen LogP contribution in [0, 0.1) is 5.92 Å². The first-order valence-corrected chi connectivity index (χ1v) is 3.60. The molecule has 0 aromatic carbocycles. The van der Waals surface area contributed by atoms with E-state index in [0.29, 0.717) is 6.42 Å². The van der Waals surface area contributed by atoms with Crippen LogP contribution in [0.3, 0.4) is 0 Å². The van der Waals surface area contributed by atoms with Gasteiger partial charge in [-0.15, -0.1) is 0 Å². The molecule has 0 rings (SSSR count). The summed E-state index contributed by atoms with van der Waals surface area (Å²) in [4.78, 5) is 10.9. The third-order valence-corrected chi connectivity index (χ3v) is 1.62. The van der Waals surface area contributed by atoms with E-state index in [2.05, 4.69) is 10.1 Å². The highest BCUT2D eigenvalue weighted by atomic mass is 16.5. The third kappa shape index (κ3) is 2.86. The van der Waals surface area contributed by atoms with Gasteiger partial charge in [0.25, 0.3) is 0 Å². The lowest BCUT2D eigenvalue weighted by atomic mass is 10.1. The van der Waals surface area contributed by atoms with Gasteiger partial charge in [-0.1, -0.05) is 6.92 Å². The summed E-state index contributed by atoms with van der Waals surface area (Å²) in [5, 5.41) is 11.8. The normalized spacial score (nSPS) is 15.6. The fourth-order valence-corrected chi connectivity index (χ4v) is 0.871. The molecule has 0 aromatic rings. The van der Waals surface area contributed by atoms with Crippen molar-refractivity contribution in [3.05, 3.63) is 0 Å². The Hall–Kier alpha value is -0.610. The number of esters is 1. The summed E-state index contributed by atoms with van der Waals surface area (Å²) in [5.41, 5.74) is 0. The van der Waals surface area contributed by atoms with Crippen LogP contribution in [0.4, 0.5) is 0 Å². The number of methoxy groups -OCH3 is 1. The number of ether oxygens (including phenoxy) is 1. The van der Waals surface area contributed by atoms with Crippen LogP contribution in [-0.2, 0) is 9.53 Å². The average Bonchev–Trinajstić information content (AvgIpc) is 2.05. The van der Waals surface area contributed by atoms with Crippen LogP contribution < -0.4 is 5.32 Å². The van der Waals surface area contributed by atoms with E-state index >= 15 is 0 Å². The maximum absolute atomic E-state index is 10.9. The molecule has 0 radical (unpaired) electrons. The molecule has 0 aliphatic rings. The number of carbonyl (C=O) groups excluding carboxylic acids is 1. The first-order chi connectivity index (χ1) is 5.17. The minimum absolute atomic E-state index is 0.380. The summed E-state index contributed by atoms with van der Waals surface area (Å²) in [6.07, 6.45) is -0.248. The van der Waals surface area contributed by atoms with Gasteiger partial charge in [0.1, 0.15) is 6.23 Å². The van der Waals surface area contributed by atoms with Gasteiger partial charge in [0.05, 0.1) is 13.0 Å². The Morgan fingerprint density at radius 1 is 1.73 bits per heavy atom. The number of rotatable bonds is 4. The van der Waals surface area contributed by atoms with Crippen LogP contribution in [0.25, 0.3) is 0 Å². The van der Waals surface area contributed by atoms with Crippen LogP contribution >= 0.6 is 0 Å². The maximum Gasteiger partial charge on any atom is 0.312 e. The largest absolute Gasteiger partial charge is 0.469 e. The fraction of sp³-hybridized carbons (Fsp3) is 0.857. The van der Waals surface area contributed by atoms with Crippen molar-refractivity contribution in [1.82, 2.24) is 5.32 Å². The first kappa shape index (κ1) is 10.4. The van der Waals surface area contributed by atoms with Gasteiger partial charge in [-0.05, 0) is 13.5 Å². The fourth-order valence-electron chi connectivity index (χ4n) is 0.871. The zero-order valence-electron chi connectivity index (χ0n) is 7.13. The van der Waals surface area contributed by atoms with Gasteiger partial charge >= 0.3 is 5.97 Å². The molecule has 0 amide bonds. The van der Waals surface area contributed by atoms with Crippen molar-refractivity contribution in [2.75, 3.05) is 14.2 Å². The molecule has 0 spiro atoms. The lowest BCUT2D eigenvalue weighted by molar-refractivity contribution is -0.150. The highest BCUT2D eigenvalue weighted by Gasteiger charge is 2.24. The number of hydrogen-bond acceptors (Lipinski definition) is 4. The number of hydrogen-bond donors (Lipinski definition) is 2. The predicted molar refractivity (Wildman–Crippen MR) is 40.9 cm³/mol.